The molecule has 0 fully saturated rings. The van der Waals surface area contributed by atoms with Crippen molar-refractivity contribution in [1.82, 2.24) is 9.97 Å². The van der Waals surface area contributed by atoms with Gasteiger partial charge >= 0.3 is 0 Å². The lowest BCUT2D eigenvalue weighted by Crippen LogP contribution is -2.23. The molecule has 0 bridgehead atoms. The van der Waals surface area contributed by atoms with Gasteiger partial charge in [-0.25, -0.2) is 9.97 Å². The summed E-state index contributed by atoms with van der Waals surface area (Å²) in [4.78, 5) is 11.0. The molecule has 0 N–H and O–H groups in total. The quantitative estimate of drug-likeness (QED) is 0.142. The lowest BCUT2D eigenvalue weighted by molar-refractivity contribution is 0.715. The zero-order chi connectivity index (χ0) is 33.2. The minimum absolute atomic E-state index is 0.368. The van der Waals surface area contributed by atoms with Gasteiger partial charge in [-0.3, -0.25) is 0 Å². The summed E-state index contributed by atoms with van der Waals surface area (Å²) in [5, 5.41) is 7.13. The first-order valence-electron chi connectivity index (χ1n) is 17.3. The van der Waals surface area contributed by atoms with Gasteiger partial charge in [0.15, 0.2) is 5.82 Å². The predicted molar refractivity (Wildman–Crippen MR) is 208 cm³/mol. The fourth-order valence-corrected chi connectivity index (χ4v) is 8.40. The molecule has 0 saturated carbocycles. The van der Waals surface area contributed by atoms with Gasteiger partial charge < -0.3 is 0 Å². The van der Waals surface area contributed by atoms with Crippen LogP contribution in [0.5, 0.6) is 0 Å². The van der Waals surface area contributed by atoms with Gasteiger partial charge in [0.1, 0.15) is 0 Å². The van der Waals surface area contributed by atoms with E-state index < -0.39 is 0 Å². The van der Waals surface area contributed by atoms with Crippen LogP contribution in [0.4, 0.5) is 0 Å². The van der Waals surface area contributed by atoms with Crippen molar-refractivity contribution in [2.45, 2.75) is 12.3 Å². The lowest BCUT2D eigenvalue weighted by atomic mass is 9.72. The average Bonchev–Trinajstić information content (AvgIpc) is 3.46. The summed E-state index contributed by atoms with van der Waals surface area (Å²) < 4.78 is 0. The number of fused-ring (bicyclic) bond motifs is 7. The number of aromatic nitrogens is 2. The normalized spacial score (nSPS) is 15.0. The number of hydrogen-bond donors (Lipinski definition) is 0. The Labute approximate surface area is 291 Å². The molecule has 1 unspecified atom stereocenters. The molecule has 10 rings (SSSR count). The molecule has 0 aliphatic heterocycles. The van der Waals surface area contributed by atoms with E-state index in [0.29, 0.717) is 0 Å². The third-order valence-electron chi connectivity index (χ3n) is 10.7. The molecule has 1 aliphatic rings. The molecule has 9 aromatic rings. The molecular weight excluding hydrogens is 605 g/mol. The highest BCUT2D eigenvalue weighted by atomic mass is 14.9. The van der Waals surface area contributed by atoms with E-state index in [1.54, 1.807) is 0 Å². The van der Waals surface area contributed by atoms with Gasteiger partial charge in [0, 0.05) is 22.1 Å². The van der Waals surface area contributed by atoms with E-state index in [1.165, 1.54) is 49.4 Å². The minimum Gasteiger partial charge on any atom is -0.228 e. The van der Waals surface area contributed by atoms with Crippen LogP contribution in [-0.4, -0.2) is 9.97 Å². The van der Waals surface area contributed by atoms with Crippen molar-refractivity contribution in [3.63, 3.8) is 0 Å². The smallest absolute Gasteiger partial charge is 0.161 e. The van der Waals surface area contributed by atoms with Gasteiger partial charge in [0.2, 0.25) is 0 Å². The second kappa shape index (κ2) is 11.1. The Morgan fingerprint density at radius 3 is 1.90 bits per heavy atom. The molecule has 1 heterocycles. The Balaban J connectivity index is 1.31. The van der Waals surface area contributed by atoms with Crippen LogP contribution in [0.1, 0.15) is 23.6 Å². The van der Waals surface area contributed by atoms with Crippen molar-refractivity contribution in [1.29, 1.82) is 0 Å². The molecule has 234 valence electrons. The molecule has 8 aromatic carbocycles. The van der Waals surface area contributed by atoms with Crippen molar-refractivity contribution in [3.05, 3.63) is 193 Å². The summed E-state index contributed by atoms with van der Waals surface area (Å²) in [7, 11) is 0. The zero-order valence-electron chi connectivity index (χ0n) is 27.6. The first-order valence-corrected chi connectivity index (χ1v) is 17.3. The maximum Gasteiger partial charge on any atom is 0.161 e. The van der Waals surface area contributed by atoms with E-state index in [-0.39, 0.29) is 5.41 Å². The van der Waals surface area contributed by atoms with Crippen LogP contribution in [0.25, 0.3) is 77.3 Å². The maximum absolute atomic E-state index is 5.57. The highest BCUT2D eigenvalue weighted by Gasteiger charge is 2.42. The minimum atomic E-state index is -0.368. The number of benzene rings is 8. The topological polar surface area (TPSA) is 25.8 Å². The van der Waals surface area contributed by atoms with Crippen molar-refractivity contribution in [3.8, 4) is 45.0 Å². The Morgan fingerprint density at radius 2 is 1.06 bits per heavy atom. The van der Waals surface area contributed by atoms with E-state index in [4.69, 9.17) is 9.97 Å². The first kappa shape index (κ1) is 28.6. The van der Waals surface area contributed by atoms with Crippen molar-refractivity contribution >= 4 is 32.3 Å². The van der Waals surface area contributed by atoms with Gasteiger partial charge in [0.05, 0.1) is 11.4 Å². The van der Waals surface area contributed by atoms with E-state index in [0.717, 1.165) is 44.7 Å². The number of rotatable bonds is 4. The monoisotopic (exact) mass is 636 g/mol. The summed E-state index contributed by atoms with van der Waals surface area (Å²) in [6.45, 7) is 2.38. The predicted octanol–water partition coefficient (Wildman–Crippen LogP) is 12.3. The van der Waals surface area contributed by atoms with Crippen LogP contribution >= 0.6 is 0 Å². The molecule has 0 spiro atoms. The van der Waals surface area contributed by atoms with Crippen LogP contribution < -0.4 is 0 Å². The first-order chi connectivity index (χ1) is 24.7. The van der Waals surface area contributed by atoms with Crippen molar-refractivity contribution in [2.24, 2.45) is 0 Å². The van der Waals surface area contributed by atoms with Gasteiger partial charge in [-0.05, 0) is 79.2 Å². The van der Waals surface area contributed by atoms with Crippen LogP contribution in [0, 0.1) is 0 Å². The van der Waals surface area contributed by atoms with Gasteiger partial charge in [-0.1, -0.05) is 164 Å². The summed E-state index contributed by atoms with van der Waals surface area (Å²) >= 11 is 0. The Bertz CT molecular complexity index is 2770. The van der Waals surface area contributed by atoms with Gasteiger partial charge in [0.25, 0.3) is 0 Å². The molecule has 1 aromatic heterocycles. The molecule has 0 amide bonds. The second-order valence-electron chi connectivity index (χ2n) is 13.4. The summed E-state index contributed by atoms with van der Waals surface area (Å²) in [6, 6.07) is 63.3. The fourth-order valence-electron chi connectivity index (χ4n) is 8.40. The van der Waals surface area contributed by atoms with Crippen molar-refractivity contribution < 1.29 is 0 Å². The molecule has 2 nitrogen and oxygen atoms in total. The number of nitrogens with zero attached hydrogens (tertiary/aromatic N) is 2. The third-order valence-corrected chi connectivity index (χ3v) is 10.7. The average molecular weight is 637 g/mol. The molecule has 0 radical (unpaired) electrons. The van der Waals surface area contributed by atoms with Crippen LogP contribution in [0.2, 0.25) is 0 Å². The van der Waals surface area contributed by atoms with Crippen molar-refractivity contribution in [2.75, 3.05) is 0 Å². The Hall–Kier alpha value is -6.38. The standard InChI is InChI=1S/C48H32N2/c1-48(34-19-6-3-7-20-34)42-26-13-12-23-37(42)39-24-14-25-40(46(39)48)44-30-43(32-16-4-2-5-17-32)49-47(50-44)45-36-22-11-9-18-33(36)29-41-35-21-10-8-15-31(35)27-28-38(41)45/h2-30H,1H3. The van der Waals surface area contributed by atoms with Crippen LogP contribution in [-0.2, 0) is 5.41 Å². The lowest BCUT2D eigenvalue weighted by Gasteiger charge is -2.30. The SMILES string of the molecule is CC1(c2ccccc2)c2ccccc2-c2cccc(-c3cc(-c4ccccc4)nc(-c4c5ccccc5cc5c4ccc4ccccc45)n3)c21. The second-order valence-corrected chi connectivity index (χ2v) is 13.4. The molecule has 1 aliphatic carbocycles. The Morgan fingerprint density at radius 1 is 0.420 bits per heavy atom. The van der Waals surface area contributed by atoms with Gasteiger partial charge in [-0.2, -0.15) is 0 Å². The summed E-state index contributed by atoms with van der Waals surface area (Å²) in [5.41, 5.74) is 11.1. The maximum atomic E-state index is 5.57. The molecule has 0 saturated heterocycles. The van der Waals surface area contributed by atoms with E-state index in [9.17, 15) is 0 Å². The summed E-state index contributed by atoms with van der Waals surface area (Å²) in [5.74, 6) is 0.730. The van der Waals surface area contributed by atoms with Crippen LogP contribution in [0.15, 0.2) is 176 Å². The van der Waals surface area contributed by atoms with Gasteiger partial charge in [-0.15, -0.1) is 0 Å². The highest BCUT2D eigenvalue weighted by Crippen LogP contribution is 2.55. The fraction of sp³-hybridized carbons (Fsp3) is 0.0417. The van der Waals surface area contributed by atoms with E-state index in [1.807, 2.05) is 0 Å². The molecular formula is C48H32N2. The van der Waals surface area contributed by atoms with E-state index >= 15 is 0 Å². The zero-order valence-corrected chi connectivity index (χ0v) is 27.6. The molecule has 1 atom stereocenters. The highest BCUT2D eigenvalue weighted by molar-refractivity contribution is 6.19. The van der Waals surface area contributed by atoms with E-state index in [2.05, 4.69) is 183 Å². The number of hydrogen-bond acceptors (Lipinski definition) is 2. The third kappa shape index (κ3) is 4.22. The van der Waals surface area contributed by atoms with Crippen LogP contribution in [0.3, 0.4) is 0 Å². The molecule has 2 heteroatoms. The Kier molecular flexibility index (Phi) is 6.34. The summed E-state index contributed by atoms with van der Waals surface area (Å²) in [6.07, 6.45) is 0. The molecule has 50 heavy (non-hydrogen) atoms. The largest absolute Gasteiger partial charge is 0.228 e.